The Morgan fingerprint density at radius 2 is 1.83 bits per heavy atom. The van der Waals surface area contributed by atoms with E-state index in [2.05, 4.69) is 41.1 Å². The average molecular weight is 343 g/mol. The van der Waals surface area contributed by atoms with E-state index in [1.54, 1.807) is 0 Å². The molecule has 1 N–H and O–H groups in total. The van der Waals surface area contributed by atoms with Crippen LogP contribution >= 0.6 is 11.8 Å². The molecule has 1 aromatic carbocycles. The Hall–Kier alpha value is -1.52. The van der Waals surface area contributed by atoms with Gasteiger partial charge in [-0.3, -0.25) is 9.69 Å². The second kappa shape index (κ2) is 7.58. The van der Waals surface area contributed by atoms with Gasteiger partial charge in [0.1, 0.15) is 0 Å². The molecule has 0 bridgehead atoms. The van der Waals surface area contributed by atoms with Gasteiger partial charge in [0.15, 0.2) is 5.43 Å². The maximum absolute atomic E-state index is 12.1. The molecule has 4 heteroatoms. The standard InChI is InChI=1S/C20H26N2OS/c1-14-6-4-5-7-19(14)24-17-8-10-22(11-9-17)13-18-16(3)20(23)15(2)12-21-18/h4-7,12,17H,8-11,13H2,1-3H3,(H,21,23). The molecule has 128 valence electrons. The number of aromatic amines is 1. The third kappa shape index (κ3) is 3.93. The summed E-state index contributed by atoms with van der Waals surface area (Å²) in [5, 5.41) is 0.695. The highest BCUT2D eigenvalue weighted by Crippen LogP contribution is 2.32. The first-order chi connectivity index (χ1) is 11.5. The summed E-state index contributed by atoms with van der Waals surface area (Å²) in [5.74, 6) is 0. The molecule has 0 spiro atoms. The van der Waals surface area contributed by atoms with Crippen molar-refractivity contribution in [1.29, 1.82) is 0 Å². The van der Waals surface area contributed by atoms with Crippen molar-refractivity contribution in [3.63, 3.8) is 0 Å². The zero-order valence-electron chi connectivity index (χ0n) is 14.8. The number of rotatable bonds is 4. The van der Waals surface area contributed by atoms with Crippen LogP contribution < -0.4 is 5.43 Å². The molecular weight excluding hydrogens is 316 g/mol. The minimum Gasteiger partial charge on any atom is -0.363 e. The normalized spacial score (nSPS) is 16.5. The van der Waals surface area contributed by atoms with Gasteiger partial charge in [0, 0.05) is 39.7 Å². The van der Waals surface area contributed by atoms with Gasteiger partial charge in [0.25, 0.3) is 0 Å². The Balaban J connectivity index is 1.57. The number of hydrogen-bond donors (Lipinski definition) is 1. The van der Waals surface area contributed by atoms with Gasteiger partial charge in [0.05, 0.1) is 0 Å². The lowest BCUT2D eigenvalue weighted by Gasteiger charge is -2.32. The van der Waals surface area contributed by atoms with Crippen LogP contribution in [0.2, 0.25) is 0 Å². The molecule has 0 amide bonds. The second-order valence-electron chi connectivity index (χ2n) is 6.76. The van der Waals surface area contributed by atoms with Gasteiger partial charge < -0.3 is 4.98 Å². The maximum atomic E-state index is 12.1. The number of benzene rings is 1. The number of thioether (sulfide) groups is 1. The van der Waals surface area contributed by atoms with Gasteiger partial charge in [-0.05, 0) is 58.3 Å². The Morgan fingerprint density at radius 3 is 2.54 bits per heavy atom. The Bertz CT molecular complexity index is 760. The smallest absolute Gasteiger partial charge is 0.187 e. The fourth-order valence-electron chi connectivity index (χ4n) is 3.24. The van der Waals surface area contributed by atoms with E-state index in [0.29, 0.717) is 5.25 Å². The number of nitrogens with zero attached hydrogens (tertiary/aromatic N) is 1. The number of piperidine rings is 1. The summed E-state index contributed by atoms with van der Waals surface area (Å²) in [6, 6.07) is 8.65. The summed E-state index contributed by atoms with van der Waals surface area (Å²) in [5.41, 5.74) is 4.28. The predicted molar refractivity (Wildman–Crippen MR) is 102 cm³/mol. The number of aromatic nitrogens is 1. The number of H-pyrrole nitrogens is 1. The van der Waals surface area contributed by atoms with Crippen LogP contribution in [0.1, 0.15) is 35.2 Å². The monoisotopic (exact) mass is 342 g/mol. The molecule has 0 unspecified atom stereocenters. The van der Waals surface area contributed by atoms with Crippen LogP contribution in [0, 0.1) is 20.8 Å². The number of nitrogens with one attached hydrogen (secondary N) is 1. The van der Waals surface area contributed by atoms with Gasteiger partial charge in [-0.25, -0.2) is 0 Å². The van der Waals surface area contributed by atoms with Gasteiger partial charge in [-0.15, -0.1) is 11.8 Å². The summed E-state index contributed by atoms with van der Waals surface area (Å²) in [4.78, 5) is 19.3. The van der Waals surface area contributed by atoms with Crippen LogP contribution in [0.25, 0.3) is 0 Å². The fraction of sp³-hybridized carbons (Fsp3) is 0.450. The van der Waals surface area contributed by atoms with E-state index < -0.39 is 0 Å². The predicted octanol–water partition coefficient (Wildman–Crippen LogP) is 4.06. The molecular formula is C20H26N2OS. The summed E-state index contributed by atoms with van der Waals surface area (Å²) in [6.07, 6.45) is 4.24. The molecule has 3 rings (SSSR count). The van der Waals surface area contributed by atoms with Crippen molar-refractivity contribution in [3.05, 3.63) is 63.1 Å². The summed E-state index contributed by atoms with van der Waals surface area (Å²) < 4.78 is 0. The number of aryl methyl sites for hydroxylation is 2. The number of pyridine rings is 1. The Kier molecular flexibility index (Phi) is 5.47. The van der Waals surface area contributed by atoms with Gasteiger partial charge in [0.2, 0.25) is 0 Å². The molecule has 0 saturated carbocycles. The minimum absolute atomic E-state index is 0.175. The van der Waals surface area contributed by atoms with Crippen molar-refractivity contribution < 1.29 is 0 Å². The minimum atomic E-state index is 0.175. The third-order valence-corrected chi connectivity index (χ3v) is 6.43. The van der Waals surface area contributed by atoms with E-state index >= 15 is 0 Å². The molecule has 1 fully saturated rings. The van der Waals surface area contributed by atoms with Crippen molar-refractivity contribution in [2.75, 3.05) is 13.1 Å². The van der Waals surface area contributed by atoms with Crippen LogP contribution in [-0.2, 0) is 6.54 Å². The summed E-state index contributed by atoms with van der Waals surface area (Å²) in [6.45, 7) is 9.03. The van der Waals surface area contributed by atoms with Crippen LogP contribution in [0.4, 0.5) is 0 Å². The zero-order valence-corrected chi connectivity index (χ0v) is 15.6. The molecule has 0 aliphatic carbocycles. The van der Waals surface area contributed by atoms with Gasteiger partial charge in [-0.1, -0.05) is 18.2 Å². The van der Waals surface area contributed by atoms with E-state index in [1.165, 1.54) is 23.3 Å². The Morgan fingerprint density at radius 1 is 1.12 bits per heavy atom. The summed E-state index contributed by atoms with van der Waals surface area (Å²) in [7, 11) is 0. The average Bonchev–Trinajstić information content (AvgIpc) is 2.59. The quantitative estimate of drug-likeness (QED) is 0.910. The molecule has 0 radical (unpaired) electrons. The molecule has 0 atom stereocenters. The second-order valence-corrected chi connectivity index (χ2v) is 8.11. The van der Waals surface area contributed by atoms with Crippen molar-refractivity contribution in [2.45, 2.75) is 50.3 Å². The first-order valence-corrected chi connectivity index (χ1v) is 9.55. The van der Waals surface area contributed by atoms with E-state index in [9.17, 15) is 4.79 Å². The molecule has 1 aliphatic heterocycles. The van der Waals surface area contributed by atoms with E-state index in [1.807, 2.05) is 31.8 Å². The fourth-order valence-corrected chi connectivity index (χ4v) is 4.46. The molecule has 3 nitrogen and oxygen atoms in total. The molecule has 1 saturated heterocycles. The summed E-state index contributed by atoms with van der Waals surface area (Å²) >= 11 is 2.02. The Labute approximate surface area is 148 Å². The van der Waals surface area contributed by atoms with Crippen LogP contribution in [0.15, 0.2) is 40.2 Å². The zero-order chi connectivity index (χ0) is 17.1. The first-order valence-electron chi connectivity index (χ1n) is 8.67. The molecule has 24 heavy (non-hydrogen) atoms. The van der Waals surface area contributed by atoms with E-state index in [-0.39, 0.29) is 5.43 Å². The van der Waals surface area contributed by atoms with Crippen LogP contribution in [0.5, 0.6) is 0 Å². The highest BCUT2D eigenvalue weighted by atomic mass is 32.2. The van der Waals surface area contributed by atoms with Crippen molar-refractivity contribution in [1.82, 2.24) is 9.88 Å². The molecule has 1 aromatic heterocycles. The molecule has 2 heterocycles. The molecule has 2 aromatic rings. The largest absolute Gasteiger partial charge is 0.363 e. The van der Waals surface area contributed by atoms with E-state index in [0.717, 1.165) is 36.5 Å². The van der Waals surface area contributed by atoms with Crippen molar-refractivity contribution in [3.8, 4) is 0 Å². The van der Waals surface area contributed by atoms with E-state index in [4.69, 9.17) is 0 Å². The highest BCUT2D eigenvalue weighted by Gasteiger charge is 2.21. The van der Waals surface area contributed by atoms with Crippen molar-refractivity contribution in [2.24, 2.45) is 0 Å². The third-order valence-electron chi connectivity index (χ3n) is 4.92. The van der Waals surface area contributed by atoms with Crippen LogP contribution in [-0.4, -0.2) is 28.2 Å². The molecule has 1 aliphatic rings. The lowest BCUT2D eigenvalue weighted by atomic mass is 10.1. The van der Waals surface area contributed by atoms with Crippen LogP contribution in [0.3, 0.4) is 0 Å². The lowest BCUT2D eigenvalue weighted by molar-refractivity contribution is 0.222. The maximum Gasteiger partial charge on any atom is 0.187 e. The van der Waals surface area contributed by atoms with Gasteiger partial charge in [-0.2, -0.15) is 0 Å². The highest BCUT2D eigenvalue weighted by molar-refractivity contribution is 8.00. The topological polar surface area (TPSA) is 36.1 Å². The number of likely N-dealkylation sites (tertiary alicyclic amines) is 1. The van der Waals surface area contributed by atoms with Gasteiger partial charge >= 0.3 is 0 Å². The lowest BCUT2D eigenvalue weighted by Crippen LogP contribution is -2.35. The first kappa shape index (κ1) is 17.3. The SMILES string of the molecule is Cc1ccccc1SC1CCN(Cc2[nH]cc(C)c(=O)c2C)CC1. The van der Waals surface area contributed by atoms with Crippen molar-refractivity contribution >= 4 is 11.8 Å². The number of hydrogen-bond acceptors (Lipinski definition) is 3.